The molecule has 1 aromatic rings. The average molecular weight is 278 g/mol. The maximum Gasteiger partial charge on any atom is 0.119 e. The van der Waals surface area contributed by atoms with Gasteiger partial charge in [-0.3, -0.25) is 4.90 Å². The second-order valence-corrected chi connectivity index (χ2v) is 5.31. The third-order valence-electron chi connectivity index (χ3n) is 3.88. The van der Waals surface area contributed by atoms with E-state index in [4.69, 9.17) is 9.47 Å². The molecule has 2 rings (SSSR count). The molecule has 1 aromatic carbocycles. The van der Waals surface area contributed by atoms with Gasteiger partial charge in [-0.25, -0.2) is 0 Å². The topological polar surface area (TPSA) is 33.7 Å². The molecule has 1 N–H and O–H groups in total. The first-order chi connectivity index (χ1) is 9.83. The summed E-state index contributed by atoms with van der Waals surface area (Å²) >= 11 is 0. The van der Waals surface area contributed by atoms with E-state index in [2.05, 4.69) is 28.4 Å². The van der Waals surface area contributed by atoms with Gasteiger partial charge in [-0.1, -0.05) is 12.1 Å². The Morgan fingerprint density at radius 3 is 3.05 bits per heavy atom. The molecule has 0 aliphatic carbocycles. The van der Waals surface area contributed by atoms with Gasteiger partial charge in [-0.2, -0.15) is 0 Å². The van der Waals surface area contributed by atoms with E-state index in [1.54, 1.807) is 14.2 Å². The number of likely N-dealkylation sites (tertiary alicyclic amines) is 1. The number of nitrogens with zero attached hydrogens (tertiary/aromatic N) is 1. The summed E-state index contributed by atoms with van der Waals surface area (Å²) < 4.78 is 10.4. The molecule has 20 heavy (non-hydrogen) atoms. The Bertz CT molecular complexity index is 398. The highest BCUT2D eigenvalue weighted by Gasteiger charge is 2.23. The molecule has 1 fully saturated rings. The van der Waals surface area contributed by atoms with Gasteiger partial charge in [0.15, 0.2) is 0 Å². The van der Waals surface area contributed by atoms with Crippen molar-refractivity contribution in [1.82, 2.24) is 10.2 Å². The third-order valence-corrected chi connectivity index (χ3v) is 3.88. The Kier molecular flexibility index (Phi) is 6.30. The van der Waals surface area contributed by atoms with Crippen molar-refractivity contribution in [2.45, 2.75) is 25.4 Å². The summed E-state index contributed by atoms with van der Waals surface area (Å²) in [7, 11) is 3.46. The van der Waals surface area contributed by atoms with Crippen LogP contribution in [0.15, 0.2) is 24.3 Å². The summed E-state index contributed by atoms with van der Waals surface area (Å²) in [5, 5.41) is 3.48. The van der Waals surface area contributed by atoms with Gasteiger partial charge in [0, 0.05) is 32.8 Å². The summed E-state index contributed by atoms with van der Waals surface area (Å²) in [5.41, 5.74) is 1.33. The van der Waals surface area contributed by atoms with Crippen LogP contribution < -0.4 is 10.1 Å². The van der Waals surface area contributed by atoms with Crippen LogP contribution in [0.5, 0.6) is 5.75 Å². The fourth-order valence-corrected chi connectivity index (χ4v) is 2.78. The van der Waals surface area contributed by atoms with Crippen LogP contribution in [0.1, 0.15) is 18.4 Å². The number of hydrogen-bond donors (Lipinski definition) is 1. The maximum atomic E-state index is 5.29. The first-order valence-corrected chi connectivity index (χ1v) is 7.40. The molecule has 112 valence electrons. The minimum absolute atomic E-state index is 0.637. The fraction of sp³-hybridized carbons (Fsp3) is 0.625. The molecule has 0 amide bonds. The molecule has 0 radical (unpaired) electrons. The van der Waals surface area contributed by atoms with E-state index < -0.39 is 0 Å². The SMILES string of the molecule is COCCNCC1CCCN1Cc1cccc(OC)c1. The lowest BCUT2D eigenvalue weighted by atomic mass is 10.1. The van der Waals surface area contributed by atoms with Crippen molar-refractivity contribution in [3.05, 3.63) is 29.8 Å². The largest absolute Gasteiger partial charge is 0.497 e. The standard InChI is InChI=1S/C16H26N2O2/c1-19-10-8-17-12-15-6-4-9-18(15)13-14-5-3-7-16(11-14)20-2/h3,5,7,11,15,17H,4,6,8-10,12-13H2,1-2H3. The van der Waals surface area contributed by atoms with Crippen molar-refractivity contribution >= 4 is 0 Å². The Morgan fingerprint density at radius 1 is 1.35 bits per heavy atom. The number of nitrogens with one attached hydrogen (secondary N) is 1. The number of rotatable bonds is 8. The maximum absolute atomic E-state index is 5.29. The van der Waals surface area contributed by atoms with Crippen LogP contribution in [0.2, 0.25) is 0 Å². The van der Waals surface area contributed by atoms with Crippen LogP contribution in [0.4, 0.5) is 0 Å². The van der Waals surface area contributed by atoms with Crippen molar-refractivity contribution in [3.63, 3.8) is 0 Å². The summed E-state index contributed by atoms with van der Waals surface area (Å²) in [5.74, 6) is 0.941. The zero-order valence-corrected chi connectivity index (χ0v) is 12.6. The lowest BCUT2D eigenvalue weighted by Gasteiger charge is -2.25. The van der Waals surface area contributed by atoms with Crippen LogP contribution in [-0.4, -0.2) is 51.4 Å². The number of benzene rings is 1. The molecule has 0 saturated carbocycles. The third kappa shape index (κ3) is 4.47. The van der Waals surface area contributed by atoms with Crippen molar-refractivity contribution in [2.24, 2.45) is 0 Å². The number of hydrogen-bond acceptors (Lipinski definition) is 4. The quantitative estimate of drug-likeness (QED) is 0.736. The summed E-state index contributed by atoms with van der Waals surface area (Å²) in [4.78, 5) is 2.56. The number of ether oxygens (including phenoxy) is 2. The molecule has 1 aliphatic rings. The highest BCUT2D eigenvalue weighted by molar-refractivity contribution is 5.28. The molecule has 0 spiro atoms. The highest BCUT2D eigenvalue weighted by Crippen LogP contribution is 2.21. The van der Waals surface area contributed by atoms with Crippen molar-refractivity contribution in [1.29, 1.82) is 0 Å². The van der Waals surface area contributed by atoms with E-state index in [0.717, 1.165) is 32.0 Å². The van der Waals surface area contributed by atoms with Crippen LogP contribution >= 0.6 is 0 Å². The molecule has 0 bridgehead atoms. The van der Waals surface area contributed by atoms with E-state index in [9.17, 15) is 0 Å². The molecular weight excluding hydrogens is 252 g/mol. The fourth-order valence-electron chi connectivity index (χ4n) is 2.78. The highest BCUT2D eigenvalue weighted by atomic mass is 16.5. The molecule has 1 unspecified atom stereocenters. The van der Waals surface area contributed by atoms with E-state index in [1.807, 2.05) is 6.07 Å². The lowest BCUT2D eigenvalue weighted by Crippen LogP contribution is -2.38. The van der Waals surface area contributed by atoms with Gasteiger partial charge in [0.2, 0.25) is 0 Å². The monoisotopic (exact) mass is 278 g/mol. The van der Waals surface area contributed by atoms with Crippen molar-refractivity contribution in [3.8, 4) is 5.75 Å². The van der Waals surface area contributed by atoms with Crippen molar-refractivity contribution in [2.75, 3.05) is 40.5 Å². The Balaban J connectivity index is 1.83. The Labute approximate surface area is 122 Å². The molecular formula is C16H26N2O2. The van der Waals surface area contributed by atoms with E-state index >= 15 is 0 Å². The molecule has 1 heterocycles. The minimum atomic E-state index is 0.637. The first kappa shape index (κ1) is 15.3. The second-order valence-electron chi connectivity index (χ2n) is 5.31. The van der Waals surface area contributed by atoms with Crippen LogP contribution in [0.25, 0.3) is 0 Å². The predicted molar refractivity (Wildman–Crippen MR) is 81.2 cm³/mol. The molecule has 4 nitrogen and oxygen atoms in total. The van der Waals surface area contributed by atoms with Gasteiger partial charge >= 0.3 is 0 Å². The van der Waals surface area contributed by atoms with Crippen molar-refractivity contribution < 1.29 is 9.47 Å². The number of methoxy groups -OCH3 is 2. The van der Waals surface area contributed by atoms with Crippen LogP contribution in [0, 0.1) is 0 Å². The normalized spacial score (nSPS) is 19.4. The van der Waals surface area contributed by atoms with E-state index in [1.165, 1.54) is 24.9 Å². The van der Waals surface area contributed by atoms with Gasteiger partial charge in [0.05, 0.1) is 13.7 Å². The summed E-state index contributed by atoms with van der Waals surface area (Å²) in [6, 6.07) is 9.01. The lowest BCUT2D eigenvalue weighted by molar-refractivity contribution is 0.191. The molecule has 1 saturated heterocycles. The average Bonchev–Trinajstić information content (AvgIpc) is 2.91. The molecule has 0 aromatic heterocycles. The van der Waals surface area contributed by atoms with Gasteiger partial charge in [-0.15, -0.1) is 0 Å². The molecule has 1 aliphatic heterocycles. The predicted octanol–water partition coefficient (Wildman–Crippen LogP) is 1.90. The van der Waals surface area contributed by atoms with Crippen LogP contribution in [-0.2, 0) is 11.3 Å². The summed E-state index contributed by atoms with van der Waals surface area (Å²) in [6.07, 6.45) is 2.57. The molecule has 1 atom stereocenters. The second kappa shape index (κ2) is 8.25. The van der Waals surface area contributed by atoms with Gasteiger partial charge in [0.1, 0.15) is 5.75 Å². The first-order valence-electron chi connectivity index (χ1n) is 7.40. The minimum Gasteiger partial charge on any atom is -0.497 e. The van der Waals surface area contributed by atoms with E-state index in [0.29, 0.717) is 6.04 Å². The smallest absolute Gasteiger partial charge is 0.119 e. The van der Waals surface area contributed by atoms with Gasteiger partial charge < -0.3 is 14.8 Å². The van der Waals surface area contributed by atoms with E-state index in [-0.39, 0.29) is 0 Å². The van der Waals surface area contributed by atoms with Gasteiger partial charge in [0.25, 0.3) is 0 Å². The van der Waals surface area contributed by atoms with Gasteiger partial charge in [-0.05, 0) is 37.1 Å². The Hall–Kier alpha value is -1.10. The summed E-state index contributed by atoms with van der Waals surface area (Å²) in [6.45, 7) is 4.96. The Morgan fingerprint density at radius 2 is 2.25 bits per heavy atom. The zero-order valence-electron chi connectivity index (χ0n) is 12.6. The van der Waals surface area contributed by atoms with Crippen LogP contribution in [0.3, 0.4) is 0 Å². The molecule has 4 heteroatoms. The zero-order chi connectivity index (χ0) is 14.2.